The van der Waals surface area contributed by atoms with Gasteiger partial charge in [0.2, 0.25) is 0 Å². The van der Waals surface area contributed by atoms with Crippen LogP contribution < -0.4 is 0 Å². The number of hydrogen-bond acceptors (Lipinski definition) is 4. The highest BCUT2D eigenvalue weighted by atomic mass is 31.2. The SMILES string of the molecule is [B]C1CC(CCP(=C)(C)C)C2OC(C)(C)OC12.[B]C1OC(CCP(=C)(C)C)C(O)C1C. The summed E-state index contributed by atoms with van der Waals surface area (Å²) in [6.07, 6.45) is 13.6. The molecule has 0 amide bonds. The Bertz CT molecular complexity index is 689. The van der Waals surface area contributed by atoms with E-state index in [1.165, 1.54) is 12.6 Å². The molecule has 2 heterocycles. The van der Waals surface area contributed by atoms with E-state index in [9.17, 15) is 5.11 Å². The number of ether oxygens (including phenoxy) is 3. The molecule has 0 aromatic rings. The molecule has 3 fully saturated rings. The zero-order valence-corrected chi connectivity index (χ0v) is 22.6. The third-order valence-corrected chi connectivity index (χ3v) is 9.46. The normalized spacial score (nSPS) is 39.7. The zero-order valence-electron chi connectivity index (χ0n) is 20.8. The van der Waals surface area contributed by atoms with E-state index < -0.39 is 25.7 Å². The van der Waals surface area contributed by atoms with Crippen molar-refractivity contribution in [1.82, 2.24) is 0 Å². The zero-order chi connectivity index (χ0) is 23.8. The van der Waals surface area contributed by atoms with Gasteiger partial charge < -0.3 is 19.3 Å². The highest BCUT2D eigenvalue weighted by Gasteiger charge is 2.51. The summed E-state index contributed by atoms with van der Waals surface area (Å²) in [5, 5.41) is 9.81. The minimum absolute atomic E-state index is 0.0475. The Morgan fingerprint density at radius 2 is 1.48 bits per heavy atom. The van der Waals surface area contributed by atoms with Gasteiger partial charge in [0.25, 0.3) is 0 Å². The second-order valence-electron chi connectivity index (χ2n) is 11.6. The second-order valence-corrected chi connectivity index (χ2v) is 20.2. The maximum atomic E-state index is 9.81. The fourth-order valence-electron chi connectivity index (χ4n) is 4.58. The van der Waals surface area contributed by atoms with Gasteiger partial charge in [-0.15, -0.1) is 26.4 Å². The van der Waals surface area contributed by atoms with Crippen LogP contribution >= 0.6 is 13.8 Å². The summed E-state index contributed by atoms with van der Waals surface area (Å²) in [4.78, 5) is 0. The van der Waals surface area contributed by atoms with E-state index in [2.05, 4.69) is 39.3 Å². The first-order chi connectivity index (χ1) is 14.0. The van der Waals surface area contributed by atoms with Crippen LogP contribution in [0.5, 0.6) is 0 Å². The van der Waals surface area contributed by atoms with Crippen molar-refractivity contribution >= 4 is 42.1 Å². The molecule has 8 unspecified atom stereocenters. The summed E-state index contributed by atoms with van der Waals surface area (Å²) in [6, 6.07) is -0.304. The van der Waals surface area contributed by atoms with Crippen molar-refractivity contribution in [2.24, 2.45) is 11.8 Å². The van der Waals surface area contributed by atoms with Crippen LogP contribution in [0.3, 0.4) is 0 Å². The van der Waals surface area contributed by atoms with E-state index >= 15 is 0 Å². The maximum Gasteiger partial charge on any atom is 0.163 e. The van der Waals surface area contributed by atoms with Crippen molar-refractivity contribution in [1.29, 1.82) is 0 Å². The standard InChI is InChI=1S/C13H24BO2P.C10H20BO2P/c1-13(2)15-11-9(6-7-17(3,4)5)8-10(14)12(11)16-13;1-7-9(12)8(13-10(7)11)5-6-14(2,3)4/h9-12H,3,6-8H2,1-2,4-5H3;7-10,12H,2,5-6H2,1,3-4H3. The third-order valence-electron chi connectivity index (χ3n) is 6.52. The van der Waals surface area contributed by atoms with Crippen molar-refractivity contribution in [3.8, 4) is 0 Å². The first-order valence-corrected chi connectivity index (χ1v) is 17.6. The van der Waals surface area contributed by atoms with Crippen LogP contribution in [0.1, 0.15) is 40.0 Å². The van der Waals surface area contributed by atoms with Gasteiger partial charge in [0, 0.05) is 11.9 Å². The topological polar surface area (TPSA) is 47.9 Å². The van der Waals surface area contributed by atoms with Crippen LogP contribution in [-0.4, -0.2) is 109 Å². The van der Waals surface area contributed by atoms with Crippen LogP contribution in [0.2, 0.25) is 5.82 Å². The van der Waals surface area contributed by atoms with Crippen LogP contribution in [0, 0.1) is 11.8 Å². The molecule has 176 valence electrons. The van der Waals surface area contributed by atoms with E-state index in [1.54, 1.807) is 0 Å². The lowest BCUT2D eigenvalue weighted by Gasteiger charge is -2.24. The highest BCUT2D eigenvalue weighted by Crippen LogP contribution is 2.49. The molecular formula is C23H44B2O4P2. The van der Waals surface area contributed by atoms with E-state index in [-0.39, 0.29) is 36.1 Å². The van der Waals surface area contributed by atoms with Crippen molar-refractivity contribution in [2.75, 3.05) is 39.0 Å². The summed E-state index contributed by atoms with van der Waals surface area (Å²) in [7, 11) is 11.9. The van der Waals surface area contributed by atoms with Crippen LogP contribution in [0.25, 0.3) is 0 Å². The lowest BCUT2D eigenvalue weighted by molar-refractivity contribution is -0.156. The predicted octanol–water partition coefficient (Wildman–Crippen LogP) is 3.56. The molecule has 2 aliphatic heterocycles. The van der Waals surface area contributed by atoms with Crippen molar-refractivity contribution in [2.45, 2.75) is 82.1 Å². The maximum absolute atomic E-state index is 9.81. The first-order valence-electron chi connectivity index (χ1n) is 11.5. The van der Waals surface area contributed by atoms with Crippen molar-refractivity contribution in [3.63, 3.8) is 0 Å². The molecule has 4 nitrogen and oxygen atoms in total. The molecule has 8 atom stereocenters. The summed E-state index contributed by atoms with van der Waals surface area (Å²) < 4.78 is 17.4. The Kier molecular flexibility index (Phi) is 9.38. The van der Waals surface area contributed by atoms with Gasteiger partial charge in [0.15, 0.2) is 5.79 Å². The quantitative estimate of drug-likeness (QED) is 0.479. The highest BCUT2D eigenvalue weighted by molar-refractivity contribution is 7.72. The van der Waals surface area contributed by atoms with E-state index in [0.717, 1.165) is 19.0 Å². The number of hydrogen-bond donors (Lipinski definition) is 1. The Hall–Kier alpha value is 0.570. The molecule has 0 aromatic carbocycles. The molecular weight excluding hydrogens is 424 g/mol. The molecule has 3 aliphatic rings. The summed E-state index contributed by atoms with van der Waals surface area (Å²) in [5.41, 5.74) is 0. The van der Waals surface area contributed by atoms with E-state index in [0.29, 0.717) is 5.92 Å². The van der Waals surface area contributed by atoms with Crippen LogP contribution in [-0.2, 0) is 14.2 Å². The number of fused-ring (bicyclic) bond motifs is 1. The van der Waals surface area contributed by atoms with Gasteiger partial charge in [0.05, 0.1) is 32.3 Å². The van der Waals surface area contributed by atoms with Crippen LogP contribution in [0.15, 0.2) is 0 Å². The number of aliphatic hydroxyl groups is 1. The predicted molar refractivity (Wildman–Crippen MR) is 142 cm³/mol. The van der Waals surface area contributed by atoms with E-state index in [1.807, 2.05) is 20.8 Å². The van der Waals surface area contributed by atoms with Gasteiger partial charge in [-0.05, 0) is 77.4 Å². The molecule has 1 aliphatic carbocycles. The number of aliphatic hydroxyl groups excluding tert-OH is 1. The minimum atomic E-state index is -1.02. The molecule has 0 bridgehead atoms. The second kappa shape index (κ2) is 10.5. The summed E-state index contributed by atoms with van der Waals surface area (Å²) in [6.45, 7) is 12.9. The van der Waals surface area contributed by atoms with Gasteiger partial charge in [-0.3, -0.25) is 0 Å². The molecule has 4 radical (unpaired) electrons. The monoisotopic (exact) mass is 468 g/mol. The first kappa shape index (κ1) is 27.8. The van der Waals surface area contributed by atoms with Gasteiger partial charge in [0.1, 0.15) is 7.85 Å². The lowest BCUT2D eigenvalue weighted by Crippen LogP contribution is -2.26. The largest absolute Gasteiger partial charge is 0.390 e. The van der Waals surface area contributed by atoms with Crippen molar-refractivity contribution in [3.05, 3.63) is 0 Å². The minimum Gasteiger partial charge on any atom is -0.390 e. The fourth-order valence-corrected chi connectivity index (χ4v) is 6.57. The van der Waals surface area contributed by atoms with E-state index in [4.69, 9.17) is 29.9 Å². The average molecular weight is 468 g/mol. The molecule has 1 N–H and O–H groups in total. The van der Waals surface area contributed by atoms with Crippen LogP contribution in [0.4, 0.5) is 0 Å². The van der Waals surface area contributed by atoms with Gasteiger partial charge >= 0.3 is 0 Å². The summed E-state index contributed by atoms with van der Waals surface area (Å²) in [5.74, 6) is 0.280. The van der Waals surface area contributed by atoms with Gasteiger partial charge in [-0.1, -0.05) is 13.3 Å². The van der Waals surface area contributed by atoms with Crippen molar-refractivity contribution < 1.29 is 19.3 Å². The molecule has 8 heteroatoms. The molecule has 3 rings (SSSR count). The Morgan fingerprint density at radius 1 is 0.968 bits per heavy atom. The molecule has 2 saturated heterocycles. The molecule has 0 aromatic heterocycles. The molecule has 0 spiro atoms. The van der Waals surface area contributed by atoms with Gasteiger partial charge in [-0.25, -0.2) is 0 Å². The average Bonchev–Trinajstić information content (AvgIpc) is 3.16. The molecule has 1 saturated carbocycles. The van der Waals surface area contributed by atoms with Gasteiger partial charge in [-0.2, -0.15) is 0 Å². The third kappa shape index (κ3) is 8.38. The Balaban J connectivity index is 0.000000225. The lowest BCUT2D eigenvalue weighted by atomic mass is 9.83. The summed E-state index contributed by atoms with van der Waals surface area (Å²) >= 11 is 0. The molecule has 31 heavy (non-hydrogen) atoms. The fraction of sp³-hybridized carbons (Fsp3) is 0.913. The Morgan fingerprint density at radius 3 is 1.97 bits per heavy atom. The number of rotatable bonds is 6. The Labute approximate surface area is 194 Å². The smallest absolute Gasteiger partial charge is 0.163 e.